The van der Waals surface area contributed by atoms with Crippen LogP contribution < -0.4 is 5.32 Å². The van der Waals surface area contributed by atoms with Gasteiger partial charge >= 0.3 is 6.03 Å². The Labute approximate surface area is 153 Å². The van der Waals surface area contributed by atoms with Crippen molar-refractivity contribution in [3.63, 3.8) is 0 Å². The fourth-order valence-corrected chi connectivity index (χ4v) is 3.98. The predicted molar refractivity (Wildman–Crippen MR) is 99.0 cm³/mol. The number of carbonyl (C=O) groups excluding carboxylic acids is 1. The number of rotatable bonds is 4. The van der Waals surface area contributed by atoms with E-state index in [-0.39, 0.29) is 11.8 Å². The molecule has 2 atom stereocenters. The summed E-state index contributed by atoms with van der Waals surface area (Å²) in [5.41, 5.74) is 2.23. The third-order valence-corrected chi connectivity index (χ3v) is 5.53. The first-order valence-corrected chi connectivity index (χ1v) is 9.24. The van der Waals surface area contributed by atoms with Gasteiger partial charge in [-0.05, 0) is 35.6 Å². The highest BCUT2D eigenvalue weighted by molar-refractivity contribution is 5.74. The SMILES string of the molecule is O=C(NCc1ccc(F)cc1)N1CC[C@@H]2CN(Cc3ccccc3)[C@@H]2C1. The lowest BCUT2D eigenvalue weighted by molar-refractivity contribution is -0.0389. The molecule has 2 saturated heterocycles. The highest BCUT2D eigenvalue weighted by Gasteiger charge is 2.43. The van der Waals surface area contributed by atoms with Crippen LogP contribution in [0.15, 0.2) is 54.6 Å². The van der Waals surface area contributed by atoms with Crippen molar-refractivity contribution < 1.29 is 9.18 Å². The molecule has 0 bridgehead atoms. The number of benzene rings is 2. The van der Waals surface area contributed by atoms with Gasteiger partial charge in [0.25, 0.3) is 0 Å². The van der Waals surface area contributed by atoms with E-state index in [4.69, 9.17) is 0 Å². The Balaban J connectivity index is 1.29. The van der Waals surface area contributed by atoms with Gasteiger partial charge in [-0.1, -0.05) is 42.5 Å². The average molecular weight is 353 g/mol. The molecule has 2 fully saturated rings. The van der Waals surface area contributed by atoms with Crippen LogP contribution in [-0.2, 0) is 13.1 Å². The molecule has 2 aromatic carbocycles. The summed E-state index contributed by atoms with van der Waals surface area (Å²) >= 11 is 0. The molecule has 4 rings (SSSR count). The van der Waals surface area contributed by atoms with Gasteiger partial charge in [-0.25, -0.2) is 9.18 Å². The minimum atomic E-state index is -0.259. The van der Waals surface area contributed by atoms with Crippen molar-refractivity contribution in [2.45, 2.75) is 25.6 Å². The first-order chi connectivity index (χ1) is 12.7. The van der Waals surface area contributed by atoms with Gasteiger partial charge in [0.2, 0.25) is 0 Å². The molecule has 2 heterocycles. The number of nitrogens with zero attached hydrogens (tertiary/aromatic N) is 2. The summed E-state index contributed by atoms with van der Waals surface area (Å²) in [7, 11) is 0. The highest BCUT2D eigenvalue weighted by Crippen LogP contribution is 2.33. The molecule has 0 unspecified atom stereocenters. The maximum absolute atomic E-state index is 13.0. The standard InChI is InChI=1S/C21H24FN3O/c22-19-8-6-16(7-9-19)12-23-21(26)24-11-10-18-14-25(20(18)15-24)13-17-4-2-1-3-5-17/h1-9,18,20H,10-15H2,(H,23,26)/t18-,20-/m1/s1. The number of nitrogens with one attached hydrogen (secondary N) is 1. The monoisotopic (exact) mass is 353 g/mol. The van der Waals surface area contributed by atoms with Gasteiger partial charge in [-0.3, -0.25) is 4.90 Å². The quantitative estimate of drug-likeness (QED) is 0.916. The lowest BCUT2D eigenvalue weighted by atomic mass is 9.82. The second-order valence-electron chi connectivity index (χ2n) is 7.26. The van der Waals surface area contributed by atoms with Crippen molar-refractivity contribution in [2.24, 2.45) is 5.92 Å². The maximum atomic E-state index is 13.0. The van der Waals surface area contributed by atoms with Crippen LogP contribution in [0.2, 0.25) is 0 Å². The van der Waals surface area contributed by atoms with E-state index in [0.29, 0.717) is 18.5 Å². The number of amides is 2. The van der Waals surface area contributed by atoms with Crippen LogP contribution in [0.25, 0.3) is 0 Å². The van der Waals surface area contributed by atoms with E-state index in [9.17, 15) is 9.18 Å². The van der Waals surface area contributed by atoms with E-state index in [0.717, 1.165) is 38.2 Å². The van der Waals surface area contributed by atoms with E-state index in [1.54, 1.807) is 12.1 Å². The first kappa shape index (κ1) is 17.0. The molecule has 0 spiro atoms. The van der Waals surface area contributed by atoms with Crippen molar-refractivity contribution in [1.29, 1.82) is 0 Å². The van der Waals surface area contributed by atoms with Gasteiger partial charge in [-0.15, -0.1) is 0 Å². The summed E-state index contributed by atoms with van der Waals surface area (Å²) in [6.07, 6.45) is 1.07. The summed E-state index contributed by atoms with van der Waals surface area (Å²) in [6, 6.07) is 17.2. The number of likely N-dealkylation sites (tertiary alicyclic amines) is 2. The summed E-state index contributed by atoms with van der Waals surface area (Å²) in [5, 5.41) is 2.96. The van der Waals surface area contributed by atoms with Crippen molar-refractivity contribution in [3.8, 4) is 0 Å². The Morgan fingerprint density at radius 3 is 2.58 bits per heavy atom. The van der Waals surface area contributed by atoms with E-state index in [2.05, 4.69) is 34.5 Å². The van der Waals surface area contributed by atoms with Crippen LogP contribution in [0.4, 0.5) is 9.18 Å². The summed E-state index contributed by atoms with van der Waals surface area (Å²) in [6.45, 7) is 4.11. The molecule has 2 aromatic rings. The molecular formula is C21H24FN3O. The molecule has 0 aromatic heterocycles. The fraction of sp³-hybridized carbons (Fsp3) is 0.381. The van der Waals surface area contributed by atoms with Gasteiger partial charge in [0.1, 0.15) is 5.82 Å². The van der Waals surface area contributed by atoms with Crippen molar-refractivity contribution in [3.05, 3.63) is 71.5 Å². The van der Waals surface area contributed by atoms with Crippen molar-refractivity contribution in [2.75, 3.05) is 19.6 Å². The molecular weight excluding hydrogens is 329 g/mol. The zero-order valence-corrected chi connectivity index (χ0v) is 14.8. The molecule has 2 amide bonds. The molecule has 4 nitrogen and oxygen atoms in total. The molecule has 0 radical (unpaired) electrons. The normalized spacial score (nSPS) is 22.4. The van der Waals surface area contributed by atoms with E-state index >= 15 is 0 Å². The first-order valence-electron chi connectivity index (χ1n) is 9.24. The minimum Gasteiger partial charge on any atom is -0.334 e. The minimum absolute atomic E-state index is 0.0284. The molecule has 0 aliphatic carbocycles. The van der Waals surface area contributed by atoms with Crippen LogP contribution in [0.1, 0.15) is 17.5 Å². The molecule has 136 valence electrons. The molecule has 2 aliphatic heterocycles. The van der Waals surface area contributed by atoms with Crippen LogP contribution in [0.5, 0.6) is 0 Å². The number of halogens is 1. The second-order valence-corrected chi connectivity index (χ2v) is 7.26. The predicted octanol–water partition coefficient (Wildman–Crippen LogP) is 3.24. The Kier molecular flexibility index (Phi) is 4.89. The Hall–Kier alpha value is -2.40. The third kappa shape index (κ3) is 3.73. The second kappa shape index (κ2) is 7.46. The van der Waals surface area contributed by atoms with Crippen LogP contribution in [-0.4, -0.2) is 41.5 Å². The Bertz CT molecular complexity index is 750. The number of piperidine rings is 1. The molecule has 26 heavy (non-hydrogen) atoms. The van der Waals surface area contributed by atoms with Crippen LogP contribution in [0.3, 0.4) is 0 Å². The van der Waals surface area contributed by atoms with E-state index in [1.165, 1.54) is 17.7 Å². The summed E-state index contributed by atoms with van der Waals surface area (Å²) in [5.74, 6) is 0.450. The van der Waals surface area contributed by atoms with Crippen LogP contribution >= 0.6 is 0 Å². The number of urea groups is 1. The van der Waals surface area contributed by atoms with Gasteiger partial charge in [0.05, 0.1) is 0 Å². The number of fused-ring (bicyclic) bond motifs is 1. The number of carbonyl (C=O) groups is 1. The number of hydrogen-bond acceptors (Lipinski definition) is 2. The van der Waals surface area contributed by atoms with Crippen LogP contribution in [0, 0.1) is 11.7 Å². The fourth-order valence-electron chi connectivity index (χ4n) is 3.98. The molecule has 2 aliphatic rings. The maximum Gasteiger partial charge on any atom is 0.317 e. The average Bonchev–Trinajstić information content (AvgIpc) is 2.66. The third-order valence-electron chi connectivity index (χ3n) is 5.53. The highest BCUT2D eigenvalue weighted by atomic mass is 19.1. The van der Waals surface area contributed by atoms with Crippen molar-refractivity contribution >= 4 is 6.03 Å². The number of hydrogen-bond donors (Lipinski definition) is 1. The summed E-state index contributed by atoms with van der Waals surface area (Å²) in [4.78, 5) is 16.9. The Morgan fingerprint density at radius 2 is 1.81 bits per heavy atom. The lowest BCUT2D eigenvalue weighted by Gasteiger charge is -2.53. The van der Waals surface area contributed by atoms with Gasteiger partial charge in [0.15, 0.2) is 0 Å². The molecule has 5 heteroatoms. The zero-order valence-electron chi connectivity index (χ0n) is 14.8. The lowest BCUT2D eigenvalue weighted by Crippen LogP contribution is -2.64. The van der Waals surface area contributed by atoms with E-state index in [1.807, 2.05) is 11.0 Å². The van der Waals surface area contributed by atoms with Gasteiger partial charge in [0, 0.05) is 38.8 Å². The largest absolute Gasteiger partial charge is 0.334 e. The van der Waals surface area contributed by atoms with E-state index < -0.39 is 0 Å². The molecule has 0 saturated carbocycles. The van der Waals surface area contributed by atoms with Gasteiger partial charge in [-0.2, -0.15) is 0 Å². The summed E-state index contributed by atoms with van der Waals surface area (Å²) < 4.78 is 13.0. The smallest absolute Gasteiger partial charge is 0.317 e. The topological polar surface area (TPSA) is 35.6 Å². The zero-order chi connectivity index (χ0) is 17.9. The van der Waals surface area contributed by atoms with Gasteiger partial charge < -0.3 is 10.2 Å². The molecule has 1 N–H and O–H groups in total. The Morgan fingerprint density at radius 1 is 1.04 bits per heavy atom. The van der Waals surface area contributed by atoms with Crippen molar-refractivity contribution in [1.82, 2.24) is 15.1 Å².